The van der Waals surface area contributed by atoms with E-state index in [4.69, 9.17) is 16.3 Å². The van der Waals surface area contributed by atoms with Gasteiger partial charge in [-0.05, 0) is 24.8 Å². The third kappa shape index (κ3) is 4.23. The van der Waals surface area contributed by atoms with Crippen LogP contribution >= 0.6 is 11.6 Å². The van der Waals surface area contributed by atoms with Crippen molar-refractivity contribution >= 4 is 11.6 Å². The fraction of sp³-hybridized carbons (Fsp3) is 0.538. The van der Waals surface area contributed by atoms with Crippen molar-refractivity contribution in [1.82, 2.24) is 0 Å². The Morgan fingerprint density at radius 2 is 1.93 bits per heavy atom. The van der Waals surface area contributed by atoms with E-state index in [1.807, 2.05) is 25.1 Å². The third-order valence-electron chi connectivity index (χ3n) is 2.54. The molecule has 15 heavy (non-hydrogen) atoms. The summed E-state index contributed by atoms with van der Waals surface area (Å²) in [4.78, 5) is 0. The SMILES string of the molecule is CCOCCC(C)C(Cl)c1ccccc1. The Morgan fingerprint density at radius 1 is 1.27 bits per heavy atom. The van der Waals surface area contributed by atoms with Gasteiger partial charge in [-0.1, -0.05) is 37.3 Å². The maximum atomic E-state index is 6.38. The van der Waals surface area contributed by atoms with Crippen LogP contribution in [0.2, 0.25) is 0 Å². The van der Waals surface area contributed by atoms with Crippen molar-refractivity contribution in [2.75, 3.05) is 13.2 Å². The normalized spacial score (nSPS) is 14.9. The second kappa shape index (κ2) is 6.86. The van der Waals surface area contributed by atoms with Crippen molar-refractivity contribution in [3.63, 3.8) is 0 Å². The molecule has 0 aliphatic carbocycles. The maximum Gasteiger partial charge on any atom is 0.0611 e. The first kappa shape index (κ1) is 12.5. The molecule has 0 heterocycles. The minimum Gasteiger partial charge on any atom is -0.382 e. The molecule has 1 nitrogen and oxygen atoms in total. The summed E-state index contributed by atoms with van der Waals surface area (Å²) in [6.07, 6.45) is 1.01. The van der Waals surface area contributed by atoms with E-state index in [1.165, 1.54) is 5.56 Å². The predicted molar refractivity (Wildman–Crippen MR) is 65.3 cm³/mol. The Labute approximate surface area is 97.4 Å². The van der Waals surface area contributed by atoms with Crippen LogP contribution in [0.15, 0.2) is 30.3 Å². The Balaban J connectivity index is 2.42. The molecule has 1 aromatic carbocycles. The van der Waals surface area contributed by atoms with E-state index < -0.39 is 0 Å². The maximum absolute atomic E-state index is 6.38. The zero-order chi connectivity index (χ0) is 11.1. The highest BCUT2D eigenvalue weighted by Crippen LogP contribution is 2.30. The van der Waals surface area contributed by atoms with Crippen molar-refractivity contribution in [2.45, 2.75) is 25.6 Å². The summed E-state index contributed by atoms with van der Waals surface area (Å²) >= 11 is 6.38. The molecule has 0 saturated heterocycles. The highest BCUT2D eigenvalue weighted by atomic mass is 35.5. The van der Waals surface area contributed by atoms with Gasteiger partial charge in [0.1, 0.15) is 0 Å². The fourth-order valence-corrected chi connectivity index (χ4v) is 1.80. The van der Waals surface area contributed by atoms with Gasteiger partial charge in [0, 0.05) is 13.2 Å². The highest BCUT2D eigenvalue weighted by molar-refractivity contribution is 6.20. The average Bonchev–Trinajstić information content (AvgIpc) is 2.29. The van der Waals surface area contributed by atoms with Crippen molar-refractivity contribution in [3.8, 4) is 0 Å². The van der Waals surface area contributed by atoms with Crippen LogP contribution in [0.5, 0.6) is 0 Å². The quantitative estimate of drug-likeness (QED) is 0.526. The first-order chi connectivity index (χ1) is 7.25. The van der Waals surface area contributed by atoms with Gasteiger partial charge in [0.05, 0.1) is 5.38 Å². The highest BCUT2D eigenvalue weighted by Gasteiger charge is 2.15. The topological polar surface area (TPSA) is 9.23 Å². The number of halogens is 1. The minimum atomic E-state index is 0.0895. The lowest BCUT2D eigenvalue weighted by atomic mass is 9.98. The van der Waals surface area contributed by atoms with E-state index in [9.17, 15) is 0 Å². The Hall–Kier alpha value is -0.530. The lowest BCUT2D eigenvalue weighted by molar-refractivity contribution is 0.133. The molecule has 0 aliphatic rings. The van der Waals surface area contributed by atoms with E-state index >= 15 is 0 Å². The van der Waals surface area contributed by atoms with E-state index in [1.54, 1.807) is 0 Å². The third-order valence-corrected chi connectivity index (χ3v) is 3.22. The molecule has 2 unspecified atom stereocenters. The zero-order valence-corrected chi connectivity index (χ0v) is 10.2. The number of alkyl halides is 1. The molecule has 0 aromatic heterocycles. The van der Waals surface area contributed by atoms with Gasteiger partial charge in [-0.2, -0.15) is 0 Å². The van der Waals surface area contributed by atoms with Crippen LogP contribution in [0, 0.1) is 5.92 Å². The second-order valence-electron chi connectivity index (χ2n) is 3.78. The fourth-order valence-electron chi connectivity index (χ4n) is 1.53. The summed E-state index contributed by atoms with van der Waals surface area (Å²) in [6, 6.07) is 10.2. The molecule has 2 atom stereocenters. The van der Waals surface area contributed by atoms with Gasteiger partial charge < -0.3 is 4.74 Å². The standard InChI is InChI=1S/C13H19ClO/c1-3-15-10-9-11(2)13(14)12-7-5-4-6-8-12/h4-8,11,13H,3,9-10H2,1-2H3. The average molecular weight is 227 g/mol. The predicted octanol–water partition coefficient (Wildman–Crippen LogP) is 4.03. The van der Waals surface area contributed by atoms with Crippen LogP contribution in [0.3, 0.4) is 0 Å². The first-order valence-electron chi connectivity index (χ1n) is 5.52. The van der Waals surface area contributed by atoms with Crippen LogP contribution in [0.4, 0.5) is 0 Å². The largest absolute Gasteiger partial charge is 0.382 e. The van der Waals surface area contributed by atoms with Crippen molar-refractivity contribution in [2.24, 2.45) is 5.92 Å². The molecule has 0 saturated carbocycles. The molecule has 1 aromatic rings. The number of ether oxygens (including phenoxy) is 1. The molecule has 2 heteroatoms. The van der Waals surface area contributed by atoms with E-state index in [0.29, 0.717) is 5.92 Å². The molecule has 0 N–H and O–H groups in total. The van der Waals surface area contributed by atoms with Crippen molar-refractivity contribution in [1.29, 1.82) is 0 Å². The monoisotopic (exact) mass is 226 g/mol. The van der Waals surface area contributed by atoms with Gasteiger partial charge in [-0.15, -0.1) is 11.6 Å². The Kier molecular flexibility index (Phi) is 5.74. The molecular formula is C13H19ClO. The number of hydrogen-bond acceptors (Lipinski definition) is 1. The zero-order valence-electron chi connectivity index (χ0n) is 9.45. The Bertz CT molecular complexity index is 260. The van der Waals surface area contributed by atoms with Gasteiger partial charge in [-0.25, -0.2) is 0 Å². The van der Waals surface area contributed by atoms with Crippen molar-refractivity contribution in [3.05, 3.63) is 35.9 Å². The van der Waals surface area contributed by atoms with Crippen molar-refractivity contribution < 1.29 is 4.74 Å². The molecule has 0 radical (unpaired) electrons. The van der Waals surface area contributed by atoms with Crippen LogP contribution in [-0.2, 0) is 4.74 Å². The molecule has 0 amide bonds. The first-order valence-corrected chi connectivity index (χ1v) is 5.96. The molecule has 0 bridgehead atoms. The van der Waals surface area contributed by atoms with Gasteiger partial charge in [0.2, 0.25) is 0 Å². The summed E-state index contributed by atoms with van der Waals surface area (Å²) < 4.78 is 5.33. The molecule has 84 valence electrons. The van der Waals surface area contributed by atoms with E-state index in [0.717, 1.165) is 19.6 Å². The smallest absolute Gasteiger partial charge is 0.0611 e. The summed E-state index contributed by atoms with van der Waals surface area (Å²) in [6.45, 7) is 5.77. The van der Waals surface area contributed by atoms with Crippen LogP contribution < -0.4 is 0 Å². The van der Waals surface area contributed by atoms with Gasteiger partial charge in [-0.3, -0.25) is 0 Å². The Morgan fingerprint density at radius 3 is 2.53 bits per heavy atom. The van der Waals surface area contributed by atoms with Crippen LogP contribution in [0.1, 0.15) is 31.2 Å². The molecule has 0 spiro atoms. The van der Waals surface area contributed by atoms with E-state index in [2.05, 4.69) is 19.1 Å². The summed E-state index contributed by atoms with van der Waals surface area (Å²) in [5, 5.41) is 0.0895. The van der Waals surface area contributed by atoms with Gasteiger partial charge in [0.25, 0.3) is 0 Å². The summed E-state index contributed by atoms with van der Waals surface area (Å²) in [5.74, 6) is 0.445. The summed E-state index contributed by atoms with van der Waals surface area (Å²) in [7, 11) is 0. The molecule has 1 rings (SSSR count). The number of benzene rings is 1. The number of rotatable bonds is 6. The number of hydrogen-bond donors (Lipinski definition) is 0. The van der Waals surface area contributed by atoms with E-state index in [-0.39, 0.29) is 5.38 Å². The minimum absolute atomic E-state index is 0.0895. The lowest BCUT2D eigenvalue weighted by Crippen LogP contribution is -2.07. The second-order valence-corrected chi connectivity index (χ2v) is 4.25. The lowest BCUT2D eigenvalue weighted by Gasteiger charge is -2.18. The van der Waals surface area contributed by atoms with Gasteiger partial charge in [0.15, 0.2) is 0 Å². The molecule has 0 aliphatic heterocycles. The van der Waals surface area contributed by atoms with Gasteiger partial charge >= 0.3 is 0 Å². The van der Waals surface area contributed by atoms with Crippen LogP contribution in [-0.4, -0.2) is 13.2 Å². The van der Waals surface area contributed by atoms with Crippen LogP contribution in [0.25, 0.3) is 0 Å². The summed E-state index contributed by atoms with van der Waals surface area (Å²) in [5.41, 5.74) is 1.20. The molecule has 0 fully saturated rings. The molecular weight excluding hydrogens is 208 g/mol.